The third-order valence-corrected chi connectivity index (χ3v) is 8.72. The zero-order chi connectivity index (χ0) is 33.5. The lowest BCUT2D eigenvalue weighted by Crippen LogP contribution is -2.24. The molecule has 0 radical (unpaired) electrons. The lowest BCUT2D eigenvalue weighted by atomic mass is 10.0. The van der Waals surface area contributed by atoms with Crippen molar-refractivity contribution in [2.24, 2.45) is 0 Å². The van der Waals surface area contributed by atoms with Crippen molar-refractivity contribution in [3.05, 3.63) is 24.8 Å². The van der Waals surface area contributed by atoms with Crippen molar-refractivity contribution >= 4 is 11.8 Å². The molecule has 0 bridgehead atoms. The van der Waals surface area contributed by atoms with E-state index in [4.69, 9.17) is 0 Å². The molecular weight excluding hydrogens is 552 g/mol. The summed E-state index contributed by atoms with van der Waals surface area (Å²) in [6.45, 7) is 15.0. The average molecular weight is 633 g/mol. The zero-order valence-corrected chi connectivity index (χ0v) is 30.9. The van der Waals surface area contributed by atoms with Crippen LogP contribution in [0.1, 0.15) is 213 Å². The highest BCUT2D eigenvalue weighted by Crippen LogP contribution is 2.14. The Balaban J connectivity index is 0. The summed E-state index contributed by atoms with van der Waals surface area (Å²) in [6.07, 6.45) is 42.6. The van der Waals surface area contributed by atoms with Crippen LogP contribution in [-0.2, 0) is 9.59 Å². The third-order valence-electron chi connectivity index (χ3n) is 8.72. The zero-order valence-electron chi connectivity index (χ0n) is 30.9. The highest BCUT2D eigenvalue weighted by molar-refractivity contribution is 5.92. The van der Waals surface area contributed by atoms with E-state index in [0.717, 1.165) is 25.9 Å². The molecule has 0 heterocycles. The minimum atomic E-state index is -0.0506. The van der Waals surface area contributed by atoms with Gasteiger partial charge in [0.05, 0.1) is 0 Å². The number of nitrogens with one attached hydrogen (secondary N) is 2. The lowest BCUT2D eigenvalue weighted by molar-refractivity contribution is -0.117. The molecular formula is C41H80N2O2. The quantitative estimate of drug-likeness (QED) is 0.0547. The van der Waals surface area contributed by atoms with Gasteiger partial charge in [-0.2, -0.15) is 0 Å². The summed E-state index contributed by atoms with van der Waals surface area (Å²) in [5.74, 6) is -0.0549. The highest BCUT2D eigenvalue weighted by Gasteiger charge is 2.00. The van der Waals surface area contributed by atoms with Crippen molar-refractivity contribution < 1.29 is 9.59 Å². The van der Waals surface area contributed by atoms with E-state index in [1.54, 1.807) is 6.92 Å². The van der Waals surface area contributed by atoms with Crippen LogP contribution in [0.3, 0.4) is 0 Å². The maximum absolute atomic E-state index is 11.3. The molecule has 0 unspecified atom stereocenters. The largest absolute Gasteiger partial charge is 0.353 e. The molecule has 4 nitrogen and oxygen atoms in total. The first-order valence-electron chi connectivity index (χ1n) is 19.8. The molecule has 0 aromatic heterocycles. The fourth-order valence-electron chi connectivity index (χ4n) is 5.63. The van der Waals surface area contributed by atoms with Gasteiger partial charge in [0, 0.05) is 18.7 Å². The Morgan fingerprint density at radius 1 is 0.444 bits per heavy atom. The van der Waals surface area contributed by atoms with Crippen LogP contribution in [-0.4, -0.2) is 24.9 Å². The maximum Gasteiger partial charge on any atom is 0.246 e. The van der Waals surface area contributed by atoms with Gasteiger partial charge in [0.25, 0.3) is 0 Å². The molecule has 0 aliphatic heterocycles. The molecule has 266 valence electrons. The number of carbonyl (C=O) groups is 2. The lowest BCUT2D eigenvalue weighted by Gasteiger charge is -2.05. The molecule has 0 aliphatic carbocycles. The van der Waals surface area contributed by atoms with E-state index in [9.17, 15) is 9.59 Å². The van der Waals surface area contributed by atoms with Gasteiger partial charge in [0.2, 0.25) is 11.8 Å². The van der Waals surface area contributed by atoms with E-state index in [0.29, 0.717) is 5.57 Å². The molecule has 0 aromatic carbocycles. The molecule has 2 amide bonds. The predicted molar refractivity (Wildman–Crippen MR) is 201 cm³/mol. The number of amides is 2. The summed E-state index contributed by atoms with van der Waals surface area (Å²) in [5, 5.41) is 5.71. The highest BCUT2D eigenvalue weighted by atomic mass is 16.2. The van der Waals surface area contributed by atoms with E-state index < -0.39 is 0 Å². The van der Waals surface area contributed by atoms with Gasteiger partial charge in [-0.25, -0.2) is 0 Å². The first-order chi connectivity index (χ1) is 22.0. The average Bonchev–Trinajstić information content (AvgIpc) is 3.04. The van der Waals surface area contributed by atoms with Crippen molar-refractivity contribution in [1.29, 1.82) is 0 Å². The SMILES string of the molecule is C=C(C)C(=O)NCCCCCCCCCCCCCCCCC.C=CC(=O)NCCCCCCCCCCCCCCCCC. The Bertz CT molecular complexity index is 645. The third kappa shape index (κ3) is 42.4. The summed E-state index contributed by atoms with van der Waals surface area (Å²) >= 11 is 0. The molecule has 0 saturated carbocycles. The molecule has 0 aliphatic rings. The summed E-state index contributed by atoms with van der Waals surface area (Å²) in [4.78, 5) is 22.2. The van der Waals surface area contributed by atoms with Crippen molar-refractivity contribution in [1.82, 2.24) is 10.6 Å². The molecule has 0 aromatic rings. The molecule has 0 saturated heterocycles. The standard InChI is InChI=1S/C21H41NO.C20H39NO/c1-4-5-6-7-8-9-10-11-12-13-14-15-16-17-18-19-22-21(23)20(2)3;1-3-5-6-7-8-9-10-11-12-13-14-15-16-17-18-19-21-20(22)4-2/h2,4-19H2,1,3H3,(H,22,23);4H,2-3,5-19H2,1H3,(H,21,22). The number of rotatable bonds is 34. The summed E-state index contributed by atoms with van der Waals surface area (Å²) in [6, 6.07) is 0. The van der Waals surface area contributed by atoms with Crippen LogP contribution in [0.2, 0.25) is 0 Å². The summed E-state index contributed by atoms with van der Waals surface area (Å²) < 4.78 is 0. The van der Waals surface area contributed by atoms with Crippen LogP contribution in [0, 0.1) is 0 Å². The van der Waals surface area contributed by atoms with Gasteiger partial charge < -0.3 is 10.6 Å². The van der Waals surface area contributed by atoms with Gasteiger partial charge in [0.1, 0.15) is 0 Å². The first-order valence-corrected chi connectivity index (χ1v) is 19.8. The first kappa shape index (κ1) is 45.5. The smallest absolute Gasteiger partial charge is 0.246 e. The molecule has 4 heteroatoms. The van der Waals surface area contributed by atoms with E-state index in [1.165, 1.54) is 186 Å². The maximum atomic E-state index is 11.3. The van der Waals surface area contributed by atoms with Crippen molar-refractivity contribution in [2.45, 2.75) is 213 Å². The minimum Gasteiger partial charge on any atom is -0.353 e. The van der Waals surface area contributed by atoms with Crippen molar-refractivity contribution in [2.75, 3.05) is 13.1 Å². The second-order valence-electron chi connectivity index (χ2n) is 13.4. The normalized spacial score (nSPS) is 10.6. The number of unbranched alkanes of at least 4 members (excludes halogenated alkanes) is 28. The van der Waals surface area contributed by atoms with E-state index in [-0.39, 0.29) is 11.8 Å². The fourth-order valence-corrected chi connectivity index (χ4v) is 5.63. The number of hydrogen-bond donors (Lipinski definition) is 2. The Kier molecular flexibility index (Phi) is 40.9. The van der Waals surface area contributed by atoms with Gasteiger partial charge in [-0.15, -0.1) is 0 Å². The van der Waals surface area contributed by atoms with Crippen LogP contribution in [0.15, 0.2) is 24.8 Å². The minimum absolute atomic E-state index is 0.00429. The predicted octanol–water partition coefficient (Wildman–Crippen LogP) is 12.7. The van der Waals surface area contributed by atoms with Gasteiger partial charge in [0.15, 0.2) is 0 Å². The van der Waals surface area contributed by atoms with Gasteiger partial charge in [-0.3, -0.25) is 9.59 Å². The van der Waals surface area contributed by atoms with Crippen LogP contribution >= 0.6 is 0 Å². The van der Waals surface area contributed by atoms with E-state index in [2.05, 4.69) is 37.6 Å². The second kappa shape index (κ2) is 40.4. The van der Waals surface area contributed by atoms with E-state index in [1.807, 2.05) is 0 Å². The van der Waals surface area contributed by atoms with Gasteiger partial charge in [-0.05, 0) is 25.8 Å². The Morgan fingerprint density at radius 2 is 0.689 bits per heavy atom. The molecule has 2 N–H and O–H groups in total. The van der Waals surface area contributed by atoms with Gasteiger partial charge in [-0.1, -0.05) is 207 Å². The number of carbonyl (C=O) groups excluding carboxylic acids is 2. The van der Waals surface area contributed by atoms with Crippen LogP contribution in [0.5, 0.6) is 0 Å². The van der Waals surface area contributed by atoms with Crippen LogP contribution < -0.4 is 10.6 Å². The van der Waals surface area contributed by atoms with E-state index >= 15 is 0 Å². The number of hydrogen-bond acceptors (Lipinski definition) is 2. The fraction of sp³-hybridized carbons (Fsp3) is 0.854. The second-order valence-corrected chi connectivity index (χ2v) is 13.4. The Labute approximate surface area is 282 Å². The van der Waals surface area contributed by atoms with Crippen molar-refractivity contribution in [3.8, 4) is 0 Å². The molecule has 0 atom stereocenters. The Hall–Kier alpha value is -1.58. The van der Waals surface area contributed by atoms with Gasteiger partial charge >= 0.3 is 0 Å². The van der Waals surface area contributed by atoms with Crippen LogP contribution in [0.4, 0.5) is 0 Å². The van der Waals surface area contributed by atoms with Crippen molar-refractivity contribution in [3.63, 3.8) is 0 Å². The molecule has 0 spiro atoms. The molecule has 0 rings (SSSR count). The summed E-state index contributed by atoms with van der Waals surface area (Å²) in [7, 11) is 0. The molecule has 0 fully saturated rings. The van der Waals surface area contributed by atoms with Crippen LogP contribution in [0.25, 0.3) is 0 Å². The monoisotopic (exact) mass is 633 g/mol. The topological polar surface area (TPSA) is 58.2 Å². The molecule has 45 heavy (non-hydrogen) atoms. The Morgan fingerprint density at radius 3 is 0.933 bits per heavy atom. The summed E-state index contributed by atoms with van der Waals surface area (Å²) in [5.41, 5.74) is 0.603.